The predicted molar refractivity (Wildman–Crippen MR) is 72.6 cm³/mol. The number of hydrogen-bond acceptors (Lipinski definition) is 4. The SMILES string of the molecule is CC(Oc1cccc(Cl)c1)C(=O)N(C)CC(N)=NO. The molecule has 1 atom stereocenters. The first-order valence-electron chi connectivity index (χ1n) is 5.57. The Kier molecular flexibility index (Phi) is 5.44. The first kappa shape index (κ1) is 15.1. The lowest BCUT2D eigenvalue weighted by Crippen LogP contribution is -2.42. The van der Waals surface area contributed by atoms with Crippen LogP contribution >= 0.6 is 11.6 Å². The average molecular weight is 286 g/mol. The zero-order chi connectivity index (χ0) is 14.4. The fourth-order valence-corrected chi connectivity index (χ4v) is 1.64. The minimum Gasteiger partial charge on any atom is -0.481 e. The molecule has 0 aliphatic heterocycles. The number of amides is 1. The topological polar surface area (TPSA) is 88.2 Å². The van der Waals surface area contributed by atoms with E-state index in [0.717, 1.165) is 0 Å². The molecule has 1 unspecified atom stereocenters. The summed E-state index contributed by atoms with van der Waals surface area (Å²) in [6.07, 6.45) is -0.699. The zero-order valence-electron chi connectivity index (χ0n) is 10.7. The van der Waals surface area contributed by atoms with Crippen molar-refractivity contribution < 1.29 is 14.7 Å². The molecule has 0 radical (unpaired) electrons. The van der Waals surface area contributed by atoms with Crippen molar-refractivity contribution in [3.63, 3.8) is 0 Å². The molecule has 7 heteroatoms. The van der Waals surface area contributed by atoms with Gasteiger partial charge in [-0.1, -0.05) is 22.8 Å². The van der Waals surface area contributed by atoms with Gasteiger partial charge in [-0.25, -0.2) is 0 Å². The molecule has 0 aliphatic carbocycles. The van der Waals surface area contributed by atoms with Crippen LogP contribution in [0.3, 0.4) is 0 Å². The lowest BCUT2D eigenvalue weighted by Gasteiger charge is -2.21. The molecule has 0 saturated carbocycles. The van der Waals surface area contributed by atoms with Crippen LogP contribution in [0.25, 0.3) is 0 Å². The summed E-state index contributed by atoms with van der Waals surface area (Å²) in [5.41, 5.74) is 5.33. The molecule has 0 saturated heterocycles. The van der Waals surface area contributed by atoms with E-state index in [2.05, 4.69) is 5.16 Å². The van der Waals surface area contributed by atoms with Gasteiger partial charge < -0.3 is 20.6 Å². The standard InChI is InChI=1S/C12H16ClN3O3/c1-8(12(17)16(2)7-11(14)15-18)19-10-5-3-4-9(13)6-10/h3-6,8,18H,7H2,1-2H3,(H2,14,15). The normalized spacial score (nSPS) is 12.9. The second-order valence-electron chi connectivity index (χ2n) is 4.00. The Bertz CT molecular complexity index is 479. The largest absolute Gasteiger partial charge is 0.481 e. The molecule has 0 spiro atoms. The lowest BCUT2D eigenvalue weighted by molar-refractivity contribution is -0.135. The minimum absolute atomic E-state index is 0.0264. The highest BCUT2D eigenvalue weighted by Crippen LogP contribution is 2.18. The van der Waals surface area contributed by atoms with Gasteiger partial charge in [0.1, 0.15) is 5.75 Å². The molecule has 19 heavy (non-hydrogen) atoms. The van der Waals surface area contributed by atoms with E-state index in [1.807, 2.05) is 0 Å². The monoisotopic (exact) mass is 285 g/mol. The van der Waals surface area contributed by atoms with Crippen molar-refractivity contribution in [3.05, 3.63) is 29.3 Å². The van der Waals surface area contributed by atoms with Gasteiger partial charge >= 0.3 is 0 Å². The molecular formula is C12H16ClN3O3. The van der Waals surface area contributed by atoms with Crippen LogP contribution in [0.4, 0.5) is 0 Å². The Labute approximate surface area is 116 Å². The van der Waals surface area contributed by atoms with Crippen molar-refractivity contribution in [1.29, 1.82) is 0 Å². The number of oxime groups is 1. The second-order valence-corrected chi connectivity index (χ2v) is 4.44. The number of carbonyl (C=O) groups is 1. The third-order valence-corrected chi connectivity index (χ3v) is 2.60. The fraction of sp³-hybridized carbons (Fsp3) is 0.333. The molecule has 0 bridgehead atoms. The van der Waals surface area contributed by atoms with Crippen LogP contribution in [0.5, 0.6) is 5.75 Å². The van der Waals surface area contributed by atoms with Crippen LogP contribution in [-0.4, -0.2) is 41.5 Å². The molecule has 3 N–H and O–H groups in total. The second kappa shape index (κ2) is 6.84. The Hall–Kier alpha value is -1.95. The van der Waals surface area contributed by atoms with Crippen LogP contribution in [0.15, 0.2) is 29.4 Å². The van der Waals surface area contributed by atoms with E-state index >= 15 is 0 Å². The highest BCUT2D eigenvalue weighted by Gasteiger charge is 2.20. The zero-order valence-corrected chi connectivity index (χ0v) is 11.5. The summed E-state index contributed by atoms with van der Waals surface area (Å²) < 4.78 is 5.47. The lowest BCUT2D eigenvalue weighted by atomic mass is 10.3. The van der Waals surface area contributed by atoms with Crippen molar-refractivity contribution in [3.8, 4) is 5.75 Å². The summed E-state index contributed by atoms with van der Waals surface area (Å²) in [4.78, 5) is 13.3. The third kappa shape index (κ3) is 4.67. The summed E-state index contributed by atoms with van der Waals surface area (Å²) in [7, 11) is 1.54. The fourth-order valence-electron chi connectivity index (χ4n) is 1.46. The van der Waals surface area contributed by atoms with Gasteiger partial charge in [0.25, 0.3) is 5.91 Å². The van der Waals surface area contributed by atoms with E-state index in [-0.39, 0.29) is 18.3 Å². The first-order chi connectivity index (χ1) is 8.93. The van der Waals surface area contributed by atoms with E-state index in [1.54, 1.807) is 31.2 Å². The van der Waals surface area contributed by atoms with Gasteiger partial charge in [0, 0.05) is 12.1 Å². The molecule has 6 nitrogen and oxygen atoms in total. The maximum absolute atomic E-state index is 12.0. The van der Waals surface area contributed by atoms with Crippen molar-refractivity contribution in [1.82, 2.24) is 4.90 Å². The van der Waals surface area contributed by atoms with Gasteiger partial charge in [0.2, 0.25) is 0 Å². The van der Waals surface area contributed by atoms with Gasteiger partial charge in [-0.05, 0) is 25.1 Å². The molecule has 0 fully saturated rings. The average Bonchev–Trinajstić information content (AvgIpc) is 2.37. The number of carbonyl (C=O) groups excluding carboxylic acids is 1. The van der Waals surface area contributed by atoms with Crippen molar-refractivity contribution >= 4 is 23.3 Å². The van der Waals surface area contributed by atoms with Crippen LogP contribution in [0, 0.1) is 0 Å². The predicted octanol–water partition coefficient (Wildman–Crippen LogP) is 1.31. The summed E-state index contributed by atoms with van der Waals surface area (Å²) >= 11 is 5.82. The number of nitrogens with zero attached hydrogens (tertiary/aromatic N) is 2. The molecule has 0 aliphatic rings. The van der Waals surface area contributed by atoms with Gasteiger partial charge in [-0.15, -0.1) is 0 Å². The number of benzene rings is 1. The van der Waals surface area contributed by atoms with Crippen molar-refractivity contribution in [2.45, 2.75) is 13.0 Å². The Morgan fingerprint density at radius 2 is 2.32 bits per heavy atom. The Morgan fingerprint density at radius 3 is 2.89 bits per heavy atom. The highest BCUT2D eigenvalue weighted by atomic mass is 35.5. The van der Waals surface area contributed by atoms with Crippen molar-refractivity contribution in [2.75, 3.05) is 13.6 Å². The van der Waals surface area contributed by atoms with E-state index in [4.69, 9.17) is 27.3 Å². The minimum atomic E-state index is -0.699. The number of rotatable bonds is 5. The number of hydrogen-bond donors (Lipinski definition) is 2. The number of halogens is 1. The summed E-state index contributed by atoms with van der Waals surface area (Å²) in [6, 6.07) is 6.77. The van der Waals surface area contributed by atoms with E-state index < -0.39 is 6.10 Å². The Balaban J connectivity index is 2.62. The van der Waals surface area contributed by atoms with Crippen LogP contribution < -0.4 is 10.5 Å². The van der Waals surface area contributed by atoms with E-state index in [1.165, 1.54) is 11.9 Å². The number of likely N-dealkylation sites (N-methyl/N-ethyl adjacent to an activating group) is 1. The molecule has 1 rings (SSSR count). The number of amidine groups is 1. The van der Waals surface area contributed by atoms with Crippen molar-refractivity contribution in [2.24, 2.45) is 10.9 Å². The van der Waals surface area contributed by atoms with E-state index in [0.29, 0.717) is 10.8 Å². The van der Waals surface area contributed by atoms with Gasteiger partial charge in [0.15, 0.2) is 11.9 Å². The first-order valence-corrected chi connectivity index (χ1v) is 5.95. The third-order valence-electron chi connectivity index (χ3n) is 2.36. The molecular weight excluding hydrogens is 270 g/mol. The summed E-state index contributed by atoms with van der Waals surface area (Å²) in [5.74, 6) is 0.169. The summed E-state index contributed by atoms with van der Waals surface area (Å²) in [6.45, 7) is 1.64. The molecule has 1 aromatic carbocycles. The number of ether oxygens (including phenoxy) is 1. The Morgan fingerprint density at radius 1 is 1.63 bits per heavy atom. The molecule has 0 aromatic heterocycles. The van der Waals surface area contributed by atoms with Crippen LogP contribution in [0.1, 0.15) is 6.92 Å². The van der Waals surface area contributed by atoms with Gasteiger partial charge in [-0.3, -0.25) is 4.79 Å². The smallest absolute Gasteiger partial charge is 0.263 e. The van der Waals surface area contributed by atoms with Crippen LogP contribution in [-0.2, 0) is 4.79 Å². The quantitative estimate of drug-likeness (QED) is 0.369. The maximum Gasteiger partial charge on any atom is 0.263 e. The van der Waals surface area contributed by atoms with E-state index in [9.17, 15) is 4.79 Å². The number of nitrogens with two attached hydrogens (primary N) is 1. The van der Waals surface area contributed by atoms with Gasteiger partial charge in [0.05, 0.1) is 6.54 Å². The van der Waals surface area contributed by atoms with Gasteiger partial charge in [-0.2, -0.15) is 0 Å². The molecule has 1 aromatic rings. The summed E-state index contributed by atoms with van der Waals surface area (Å²) in [5, 5.41) is 11.8. The molecule has 104 valence electrons. The maximum atomic E-state index is 12.0. The highest BCUT2D eigenvalue weighted by molar-refractivity contribution is 6.30. The molecule has 1 amide bonds. The molecule has 0 heterocycles. The van der Waals surface area contributed by atoms with Crippen LogP contribution in [0.2, 0.25) is 5.02 Å².